The van der Waals surface area contributed by atoms with Crippen molar-refractivity contribution in [2.45, 2.75) is 17.5 Å². The summed E-state index contributed by atoms with van der Waals surface area (Å²) in [5.41, 5.74) is 1.25. The molecule has 5 nitrogen and oxygen atoms in total. The fourth-order valence-electron chi connectivity index (χ4n) is 3.39. The Bertz CT molecular complexity index is 1100. The van der Waals surface area contributed by atoms with E-state index in [0.29, 0.717) is 5.75 Å². The minimum atomic E-state index is -3.24. The van der Waals surface area contributed by atoms with E-state index < -0.39 is 9.84 Å². The first-order chi connectivity index (χ1) is 13.4. The van der Waals surface area contributed by atoms with Crippen LogP contribution in [0.1, 0.15) is 5.56 Å². The lowest BCUT2D eigenvalue weighted by Gasteiger charge is -2.39. The van der Waals surface area contributed by atoms with Gasteiger partial charge in [-0.25, -0.2) is 8.42 Å². The van der Waals surface area contributed by atoms with Crippen LogP contribution in [0.25, 0.3) is 10.8 Å². The highest BCUT2D eigenvalue weighted by Crippen LogP contribution is 2.25. The van der Waals surface area contributed by atoms with E-state index in [0.717, 1.165) is 30.8 Å². The molecule has 0 spiro atoms. The lowest BCUT2D eigenvalue weighted by molar-refractivity contribution is 0.0143. The van der Waals surface area contributed by atoms with Gasteiger partial charge in [-0.1, -0.05) is 18.2 Å². The van der Waals surface area contributed by atoms with E-state index in [9.17, 15) is 8.42 Å². The van der Waals surface area contributed by atoms with Gasteiger partial charge in [0.15, 0.2) is 9.84 Å². The summed E-state index contributed by atoms with van der Waals surface area (Å²) in [5.74, 6) is 1.34. The number of sulfone groups is 1. The number of benzene rings is 3. The van der Waals surface area contributed by atoms with E-state index in [-0.39, 0.29) is 11.0 Å². The fraction of sp³-hybridized carbons (Fsp3) is 0.273. The first kappa shape index (κ1) is 18.8. The monoisotopic (exact) mass is 396 g/mol. The van der Waals surface area contributed by atoms with E-state index in [1.807, 2.05) is 12.1 Å². The molecule has 0 amide bonds. The molecule has 1 heterocycles. The van der Waals surface area contributed by atoms with Gasteiger partial charge in [-0.3, -0.25) is 4.90 Å². The van der Waals surface area contributed by atoms with Crippen LogP contribution in [0.3, 0.4) is 0 Å². The average Bonchev–Trinajstić information content (AvgIpc) is 2.65. The molecule has 0 N–H and O–H groups in total. The molecular weight excluding hydrogens is 374 g/mol. The normalized spacial score (nSPS) is 15.4. The van der Waals surface area contributed by atoms with Gasteiger partial charge in [0.1, 0.15) is 17.6 Å². The summed E-state index contributed by atoms with van der Waals surface area (Å²) in [4.78, 5) is 2.56. The second-order valence-corrected chi connectivity index (χ2v) is 9.16. The minimum absolute atomic E-state index is 0.0516. The number of ether oxygens (including phenoxy) is 2. The van der Waals surface area contributed by atoms with E-state index >= 15 is 0 Å². The first-order valence-electron chi connectivity index (χ1n) is 9.08. The van der Waals surface area contributed by atoms with Gasteiger partial charge < -0.3 is 9.47 Å². The van der Waals surface area contributed by atoms with Crippen molar-refractivity contribution in [1.29, 1.82) is 0 Å². The Morgan fingerprint density at radius 1 is 1.07 bits per heavy atom. The summed E-state index contributed by atoms with van der Waals surface area (Å²) in [7, 11) is -1.57. The van der Waals surface area contributed by atoms with E-state index in [1.165, 1.54) is 29.3 Å². The lowest BCUT2D eigenvalue weighted by Crippen LogP contribution is -2.53. The molecule has 0 aromatic heterocycles. The average molecular weight is 396 g/mol. The molecule has 1 aliphatic rings. The summed E-state index contributed by atoms with van der Waals surface area (Å²) in [6.45, 7) is 2.46. The predicted molar refractivity (Wildman–Crippen MR) is 109 cm³/mol. The van der Waals surface area contributed by atoms with Crippen LogP contribution in [0.4, 0.5) is 0 Å². The Morgan fingerprint density at radius 2 is 1.82 bits per heavy atom. The molecule has 3 aromatic rings. The summed E-state index contributed by atoms with van der Waals surface area (Å²) < 4.78 is 34.5. The van der Waals surface area contributed by atoms with Crippen LogP contribution in [-0.4, -0.2) is 45.9 Å². The van der Waals surface area contributed by atoms with Crippen molar-refractivity contribution in [3.05, 3.63) is 66.2 Å². The third-order valence-electron chi connectivity index (χ3n) is 4.91. The van der Waals surface area contributed by atoms with Crippen molar-refractivity contribution in [3.63, 3.8) is 0 Å². The van der Waals surface area contributed by atoms with Crippen molar-refractivity contribution in [2.24, 2.45) is 0 Å². The van der Waals surface area contributed by atoms with Gasteiger partial charge in [0.2, 0.25) is 0 Å². The highest BCUT2D eigenvalue weighted by atomic mass is 32.2. The molecule has 0 bridgehead atoms. The maximum atomic E-state index is 11.7. The van der Waals surface area contributed by atoms with Gasteiger partial charge in [0.25, 0.3) is 0 Å². The van der Waals surface area contributed by atoms with Crippen molar-refractivity contribution < 1.29 is 17.9 Å². The third-order valence-corrected chi connectivity index (χ3v) is 6.02. The van der Waals surface area contributed by atoms with Crippen LogP contribution >= 0.6 is 0 Å². The number of likely N-dealkylation sites (tertiary alicyclic amines) is 1. The molecule has 0 saturated carbocycles. The molecular formula is C22H22NO4S. The van der Waals surface area contributed by atoms with Gasteiger partial charge in [-0.05, 0) is 52.7 Å². The van der Waals surface area contributed by atoms with Gasteiger partial charge in [-0.15, -0.1) is 0 Å². The quantitative estimate of drug-likeness (QED) is 0.640. The van der Waals surface area contributed by atoms with Crippen molar-refractivity contribution in [3.8, 4) is 11.5 Å². The highest BCUT2D eigenvalue weighted by Gasteiger charge is 2.28. The fourth-order valence-corrected chi connectivity index (χ4v) is 4.02. The largest absolute Gasteiger partial charge is 0.497 e. The van der Waals surface area contributed by atoms with Gasteiger partial charge in [0, 0.05) is 32.0 Å². The summed E-state index contributed by atoms with van der Waals surface area (Å²) in [6, 6.07) is 20.2. The van der Waals surface area contributed by atoms with Crippen LogP contribution in [0.2, 0.25) is 0 Å². The Labute approximate surface area is 165 Å². The maximum Gasteiger partial charge on any atom is 0.175 e. The Hall–Kier alpha value is -2.57. The summed E-state index contributed by atoms with van der Waals surface area (Å²) >= 11 is 0. The van der Waals surface area contributed by atoms with Gasteiger partial charge in [-0.2, -0.15) is 0 Å². The Kier molecular flexibility index (Phi) is 5.00. The second kappa shape index (κ2) is 7.45. The SMILES string of the molecule is COc1ccc2cc(CN3CC(Oc4[c]ccc(S(C)(=O)=O)c4)C3)ccc2c1. The molecule has 1 radical (unpaired) electrons. The summed E-state index contributed by atoms with van der Waals surface area (Å²) in [5, 5.41) is 2.35. The van der Waals surface area contributed by atoms with Crippen LogP contribution in [0.5, 0.6) is 11.5 Å². The van der Waals surface area contributed by atoms with E-state index in [4.69, 9.17) is 9.47 Å². The van der Waals surface area contributed by atoms with Crippen LogP contribution in [0.15, 0.2) is 59.5 Å². The van der Waals surface area contributed by atoms with Gasteiger partial charge >= 0.3 is 0 Å². The molecule has 28 heavy (non-hydrogen) atoms. The molecule has 0 unspecified atom stereocenters. The molecule has 0 atom stereocenters. The van der Waals surface area contributed by atoms with Crippen LogP contribution < -0.4 is 9.47 Å². The van der Waals surface area contributed by atoms with E-state index in [1.54, 1.807) is 13.2 Å². The number of rotatable bonds is 6. The molecule has 1 fully saturated rings. The highest BCUT2D eigenvalue weighted by molar-refractivity contribution is 7.90. The lowest BCUT2D eigenvalue weighted by atomic mass is 10.0. The molecule has 3 aromatic carbocycles. The minimum Gasteiger partial charge on any atom is -0.497 e. The standard InChI is InChI=1S/C22H22NO4S/c1-26-19-9-8-17-10-16(6-7-18(17)11-19)13-23-14-21(15-23)27-20-4-3-5-22(12-20)28(2,24)25/h3,5-12,21H,13-15H2,1-2H3. The Morgan fingerprint density at radius 3 is 2.57 bits per heavy atom. The zero-order valence-electron chi connectivity index (χ0n) is 15.9. The molecule has 1 saturated heterocycles. The van der Waals surface area contributed by atoms with Crippen molar-refractivity contribution in [1.82, 2.24) is 4.90 Å². The zero-order chi connectivity index (χ0) is 19.7. The van der Waals surface area contributed by atoms with Crippen LogP contribution in [-0.2, 0) is 16.4 Å². The van der Waals surface area contributed by atoms with Crippen molar-refractivity contribution in [2.75, 3.05) is 26.5 Å². The second-order valence-electron chi connectivity index (χ2n) is 7.14. The van der Waals surface area contributed by atoms with Gasteiger partial charge in [0.05, 0.1) is 12.0 Å². The number of nitrogens with zero attached hydrogens (tertiary/aromatic N) is 1. The molecule has 145 valence electrons. The molecule has 6 heteroatoms. The summed E-state index contributed by atoms with van der Waals surface area (Å²) in [6.07, 6.45) is 1.24. The topological polar surface area (TPSA) is 55.8 Å². The molecule has 4 rings (SSSR count). The third kappa shape index (κ3) is 4.13. The van der Waals surface area contributed by atoms with Crippen molar-refractivity contribution >= 4 is 20.6 Å². The van der Waals surface area contributed by atoms with E-state index in [2.05, 4.69) is 35.2 Å². The number of fused-ring (bicyclic) bond motifs is 1. The predicted octanol–water partition coefficient (Wildman–Crippen LogP) is 3.32. The van der Waals surface area contributed by atoms with Crippen LogP contribution in [0, 0.1) is 6.07 Å². The first-order valence-corrected chi connectivity index (χ1v) is 11.0. The smallest absolute Gasteiger partial charge is 0.175 e. The number of hydrogen-bond donors (Lipinski definition) is 0. The number of methoxy groups -OCH3 is 1. The number of hydrogen-bond acceptors (Lipinski definition) is 5. The zero-order valence-corrected chi connectivity index (χ0v) is 16.7. The molecule has 1 aliphatic heterocycles. The molecule has 0 aliphatic carbocycles. The maximum absolute atomic E-state index is 11.7. The Balaban J connectivity index is 1.35.